The highest BCUT2D eigenvalue weighted by atomic mass is 16.5. The lowest BCUT2D eigenvalue weighted by Crippen LogP contribution is -2.35. The third-order valence-corrected chi connectivity index (χ3v) is 6.64. The molecular weight excluding hydrogens is 406 g/mol. The SMILES string of the molecule is COc1cc2c3c(c(NC(C(=O)O)C(C)C)nc2cc1OCCCN1CCCC1)CCC3. The van der Waals surface area contributed by atoms with Crippen LogP contribution < -0.4 is 14.8 Å². The maximum atomic E-state index is 11.8. The van der Waals surface area contributed by atoms with E-state index in [1.165, 1.54) is 31.5 Å². The molecule has 0 amide bonds. The smallest absolute Gasteiger partial charge is 0.326 e. The van der Waals surface area contributed by atoms with Crippen molar-refractivity contribution in [2.45, 2.75) is 58.4 Å². The normalized spacial score (nSPS) is 17.0. The van der Waals surface area contributed by atoms with Crippen LogP contribution in [0.15, 0.2) is 12.1 Å². The van der Waals surface area contributed by atoms with Gasteiger partial charge in [0.2, 0.25) is 0 Å². The maximum absolute atomic E-state index is 11.8. The van der Waals surface area contributed by atoms with Gasteiger partial charge in [-0.15, -0.1) is 0 Å². The summed E-state index contributed by atoms with van der Waals surface area (Å²) < 4.78 is 11.8. The lowest BCUT2D eigenvalue weighted by Gasteiger charge is -2.21. The number of benzene rings is 1. The first-order valence-corrected chi connectivity index (χ1v) is 11.9. The molecule has 2 aliphatic rings. The van der Waals surface area contributed by atoms with Gasteiger partial charge < -0.3 is 24.8 Å². The minimum atomic E-state index is -0.856. The molecule has 0 spiro atoms. The van der Waals surface area contributed by atoms with Crippen molar-refractivity contribution in [2.24, 2.45) is 5.92 Å². The molecule has 7 heteroatoms. The van der Waals surface area contributed by atoms with E-state index in [9.17, 15) is 9.90 Å². The molecule has 0 radical (unpaired) electrons. The van der Waals surface area contributed by atoms with Gasteiger partial charge in [0, 0.05) is 18.0 Å². The zero-order valence-electron chi connectivity index (χ0n) is 19.4. The molecule has 1 aromatic heterocycles. The Balaban J connectivity index is 1.60. The predicted octanol–water partition coefficient (Wildman–Crippen LogP) is 4.12. The molecule has 32 heavy (non-hydrogen) atoms. The van der Waals surface area contributed by atoms with E-state index < -0.39 is 12.0 Å². The molecule has 1 aromatic carbocycles. The number of fused-ring (bicyclic) bond motifs is 3. The van der Waals surface area contributed by atoms with Crippen molar-refractivity contribution in [3.05, 3.63) is 23.3 Å². The highest BCUT2D eigenvalue weighted by Gasteiger charge is 2.27. The van der Waals surface area contributed by atoms with E-state index in [1.807, 2.05) is 26.0 Å². The Morgan fingerprint density at radius 2 is 1.91 bits per heavy atom. The number of carboxylic acid groups (broad SMARTS) is 1. The molecule has 2 heterocycles. The Kier molecular flexibility index (Phi) is 7.04. The number of hydrogen-bond donors (Lipinski definition) is 2. The second-order valence-electron chi connectivity index (χ2n) is 9.25. The van der Waals surface area contributed by atoms with Crippen LogP contribution in [0.5, 0.6) is 11.5 Å². The molecule has 7 nitrogen and oxygen atoms in total. The van der Waals surface area contributed by atoms with Gasteiger partial charge >= 0.3 is 5.97 Å². The summed E-state index contributed by atoms with van der Waals surface area (Å²) >= 11 is 0. The number of anilines is 1. The van der Waals surface area contributed by atoms with Gasteiger partial charge in [0.05, 0.1) is 19.2 Å². The Hall–Kier alpha value is -2.54. The first-order valence-electron chi connectivity index (χ1n) is 11.9. The summed E-state index contributed by atoms with van der Waals surface area (Å²) in [4.78, 5) is 19.1. The van der Waals surface area contributed by atoms with Gasteiger partial charge in [-0.25, -0.2) is 9.78 Å². The summed E-state index contributed by atoms with van der Waals surface area (Å²) in [5.74, 6) is 1.20. The quantitative estimate of drug-likeness (QED) is 0.537. The van der Waals surface area contributed by atoms with E-state index in [1.54, 1.807) is 7.11 Å². The first kappa shape index (κ1) is 22.6. The van der Waals surface area contributed by atoms with Gasteiger partial charge in [-0.3, -0.25) is 0 Å². The molecule has 174 valence electrons. The zero-order valence-corrected chi connectivity index (χ0v) is 19.4. The van der Waals surface area contributed by atoms with E-state index in [0.717, 1.165) is 54.4 Å². The van der Waals surface area contributed by atoms with Crippen molar-refractivity contribution in [1.82, 2.24) is 9.88 Å². The largest absolute Gasteiger partial charge is 0.493 e. The van der Waals surface area contributed by atoms with E-state index in [2.05, 4.69) is 10.2 Å². The van der Waals surface area contributed by atoms with Crippen LogP contribution in [0.3, 0.4) is 0 Å². The van der Waals surface area contributed by atoms with Gasteiger partial charge in [-0.1, -0.05) is 13.8 Å². The average Bonchev–Trinajstić information content (AvgIpc) is 3.46. The molecule has 0 bridgehead atoms. The van der Waals surface area contributed by atoms with Gasteiger partial charge in [0.25, 0.3) is 0 Å². The summed E-state index contributed by atoms with van der Waals surface area (Å²) in [6, 6.07) is 3.30. The maximum Gasteiger partial charge on any atom is 0.326 e. The second-order valence-corrected chi connectivity index (χ2v) is 9.25. The Morgan fingerprint density at radius 1 is 1.16 bits per heavy atom. The van der Waals surface area contributed by atoms with Crippen molar-refractivity contribution in [2.75, 3.05) is 38.7 Å². The van der Waals surface area contributed by atoms with E-state index in [0.29, 0.717) is 18.2 Å². The molecule has 2 aromatic rings. The van der Waals surface area contributed by atoms with E-state index >= 15 is 0 Å². The summed E-state index contributed by atoms with van der Waals surface area (Å²) in [6.45, 7) is 7.89. The fourth-order valence-electron chi connectivity index (χ4n) is 4.90. The highest BCUT2D eigenvalue weighted by molar-refractivity contribution is 5.90. The number of pyridine rings is 1. The average molecular weight is 442 g/mol. The summed E-state index contributed by atoms with van der Waals surface area (Å²) in [6.07, 6.45) is 6.47. The number of aliphatic carboxylic acids is 1. The number of ether oxygens (including phenoxy) is 2. The Bertz CT molecular complexity index is 970. The summed E-state index contributed by atoms with van der Waals surface area (Å²) in [5.41, 5.74) is 3.19. The minimum Gasteiger partial charge on any atom is -0.493 e. The standard InChI is InChI=1S/C25H35N3O4/c1-16(2)23(25(29)30)27-24-18-9-6-8-17(18)19-14-21(31-3)22(15-20(19)26-24)32-13-7-12-28-10-4-5-11-28/h14-16,23H,4-13H2,1-3H3,(H,26,27)(H,29,30). The summed E-state index contributed by atoms with van der Waals surface area (Å²) in [5, 5.41) is 13.9. The molecular formula is C25H35N3O4. The van der Waals surface area contributed by atoms with Crippen LogP contribution in [0.4, 0.5) is 5.82 Å². The van der Waals surface area contributed by atoms with Crippen molar-refractivity contribution in [3.8, 4) is 11.5 Å². The number of aryl methyl sites for hydroxylation is 1. The van der Waals surface area contributed by atoms with Crippen LogP contribution in [-0.4, -0.2) is 60.4 Å². The van der Waals surface area contributed by atoms with Crippen molar-refractivity contribution in [1.29, 1.82) is 0 Å². The first-order chi connectivity index (χ1) is 15.5. The molecule has 1 aliphatic heterocycles. The molecule has 4 rings (SSSR count). The number of carbonyl (C=O) groups is 1. The molecule has 1 unspecified atom stereocenters. The number of carboxylic acids is 1. The van der Waals surface area contributed by atoms with Crippen molar-refractivity contribution in [3.63, 3.8) is 0 Å². The monoisotopic (exact) mass is 441 g/mol. The fourth-order valence-corrected chi connectivity index (χ4v) is 4.90. The number of methoxy groups -OCH3 is 1. The van der Waals surface area contributed by atoms with Gasteiger partial charge in [-0.2, -0.15) is 0 Å². The molecule has 0 saturated carbocycles. The number of nitrogens with one attached hydrogen (secondary N) is 1. The summed E-state index contributed by atoms with van der Waals surface area (Å²) in [7, 11) is 1.67. The number of nitrogens with zero attached hydrogens (tertiary/aromatic N) is 2. The lowest BCUT2D eigenvalue weighted by molar-refractivity contribution is -0.138. The van der Waals surface area contributed by atoms with Crippen molar-refractivity contribution < 1.29 is 19.4 Å². The zero-order chi connectivity index (χ0) is 22.7. The topological polar surface area (TPSA) is 83.9 Å². The highest BCUT2D eigenvalue weighted by Crippen LogP contribution is 2.39. The lowest BCUT2D eigenvalue weighted by atomic mass is 10.0. The van der Waals surface area contributed by atoms with E-state index in [-0.39, 0.29) is 5.92 Å². The molecule has 1 saturated heterocycles. The van der Waals surface area contributed by atoms with Crippen LogP contribution in [-0.2, 0) is 17.6 Å². The number of aromatic nitrogens is 1. The minimum absolute atomic E-state index is 0.0487. The third-order valence-electron chi connectivity index (χ3n) is 6.64. The third kappa shape index (κ3) is 4.77. The number of rotatable bonds is 10. The van der Waals surface area contributed by atoms with Crippen LogP contribution in [0.1, 0.15) is 50.7 Å². The number of likely N-dealkylation sites (tertiary alicyclic amines) is 1. The Labute approximate surface area is 190 Å². The second kappa shape index (κ2) is 9.94. The van der Waals surface area contributed by atoms with Gasteiger partial charge in [0.15, 0.2) is 11.5 Å². The molecule has 1 aliphatic carbocycles. The number of hydrogen-bond acceptors (Lipinski definition) is 6. The van der Waals surface area contributed by atoms with Gasteiger partial charge in [0.1, 0.15) is 11.9 Å². The molecule has 1 fully saturated rings. The van der Waals surface area contributed by atoms with Crippen molar-refractivity contribution >= 4 is 22.7 Å². The molecule has 1 atom stereocenters. The van der Waals surface area contributed by atoms with Crippen LogP contribution in [0, 0.1) is 5.92 Å². The van der Waals surface area contributed by atoms with E-state index in [4.69, 9.17) is 14.5 Å². The molecule has 2 N–H and O–H groups in total. The predicted molar refractivity (Wildman–Crippen MR) is 126 cm³/mol. The Morgan fingerprint density at radius 3 is 2.59 bits per heavy atom. The van der Waals surface area contributed by atoms with Crippen LogP contribution >= 0.6 is 0 Å². The van der Waals surface area contributed by atoms with Crippen LogP contribution in [0.25, 0.3) is 10.9 Å². The van der Waals surface area contributed by atoms with Gasteiger partial charge in [-0.05, 0) is 74.7 Å². The fraction of sp³-hybridized carbons (Fsp3) is 0.600. The van der Waals surface area contributed by atoms with Crippen LogP contribution in [0.2, 0.25) is 0 Å².